The van der Waals surface area contributed by atoms with Gasteiger partial charge < -0.3 is 15.4 Å². The first-order chi connectivity index (χ1) is 13.1. The number of ether oxygens (including phenoxy) is 1. The molecule has 0 bridgehead atoms. The summed E-state index contributed by atoms with van der Waals surface area (Å²) in [6, 6.07) is 5.65. The number of aliphatic imine (C=N–C) groups is 1. The molecule has 12 heteroatoms. The van der Waals surface area contributed by atoms with E-state index in [1.54, 1.807) is 6.07 Å². The Kier molecular flexibility index (Phi) is 7.11. The molecule has 2 N–H and O–H groups in total. The second-order valence-electron chi connectivity index (χ2n) is 5.38. The summed E-state index contributed by atoms with van der Waals surface area (Å²) in [6.07, 6.45) is -9.06. The minimum atomic E-state index is -4.81. The quantitative estimate of drug-likeness (QED) is 0.417. The van der Waals surface area contributed by atoms with Gasteiger partial charge in [-0.1, -0.05) is 18.2 Å². The predicted octanol–water partition coefficient (Wildman–Crippen LogP) is 3.97. The van der Waals surface area contributed by atoms with Crippen molar-refractivity contribution in [2.75, 3.05) is 13.6 Å². The highest BCUT2D eigenvalue weighted by Gasteiger charge is 2.33. The van der Waals surface area contributed by atoms with Crippen molar-refractivity contribution in [1.29, 1.82) is 0 Å². The highest BCUT2D eigenvalue weighted by molar-refractivity contribution is 7.09. The van der Waals surface area contributed by atoms with Gasteiger partial charge >= 0.3 is 12.5 Å². The van der Waals surface area contributed by atoms with Crippen LogP contribution in [-0.2, 0) is 19.1 Å². The highest BCUT2D eigenvalue weighted by Crippen LogP contribution is 2.30. The number of hydrogen-bond donors (Lipinski definition) is 2. The molecule has 0 atom stereocenters. The molecule has 0 amide bonds. The van der Waals surface area contributed by atoms with Crippen LogP contribution in [0.5, 0.6) is 5.75 Å². The van der Waals surface area contributed by atoms with Crippen LogP contribution in [-0.4, -0.2) is 30.9 Å². The number of para-hydroxylation sites is 1. The Hall–Kier alpha value is -2.50. The first kappa shape index (κ1) is 21.8. The van der Waals surface area contributed by atoms with Gasteiger partial charge in [-0.05, 0) is 6.07 Å². The Morgan fingerprint density at radius 2 is 1.86 bits per heavy atom. The second-order valence-corrected chi connectivity index (χ2v) is 6.32. The first-order valence-electron chi connectivity index (χ1n) is 7.88. The average Bonchev–Trinajstić information content (AvgIpc) is 3.07. The summed E-state index contributed by atoms with van der Waals surface area (Å²) < 4.78 is 78.8. The van der Waals surface area contributed by atoms with E-state index in [-0.39, 0.29) is 36.8 Å². The fourth-order valence-corrected chi connectivity index (χ4v) is 2.92. The van der Waals surface area contributed by atoms with Gasteiger partial charge in [0.15, 0.2) is 11.7 Å². The largest absolute Gasteiger partial charge is 0.573 e. The molecule has 28 heavy (non-hydrogen) atoms. The average molecular weight is 426 g/mol. The summed E-state index contributed by atoms with van der Waals surface area (Å²) in [5, 5.41) is 6.94. The normalized spacial score (nSPS) is 12.8. The SMILES string of the molecule is CN=C(NCCc1nc(C(F)(F)F)cs1)NCc1ccccc1OC(F)(F)F. The minimum Gasteiger partial charge on any atom is -0.405 e. The zero-order valence-electron chi connectivity index (χ0n) is 14.5. The number of rotatable bonds is 6. The summed E-state index contributed by atoms with van der Waals surface area (Å²) in [5.74, 6) is -0.0603. The third-order valence-corrected chi connectivity index (χ3v) is 4.25. The van der Waals surface area contributed by atoms with Crippen molar-refractivity contribution in [3.8, 4) is 5.75 Å². The highest BCUT2D eigenvalue weighted by atomic mass is 32.1. The van der Waals surface area contributed by atoms with Gasteiger partial charge in [0, 0.05) is 37.5 Å². The number of guanidine groups is 1. The van der Waals surface area contributed by atoms with Gasteiger partial charge in [0.1, 0.15) is 5.75 Å². The maximum absolute atomic E-state index is 12.5. The van der Waals surface area contributed by atoms with Crippen LogP contribution in [0.15, 0.2) is 34.6 Å². The number of thiazole rings is 1. The maximum Gasteiger partial charge on any atom is 0.573 e. The van der Waals surface area contributed by atoms with Gasteiger partial charge in [0.25, 0.3) is 0 Å². The molecule has 5 nitrogen and oxygen atoms in total. The Morgan fingerprint density at radius 1 is 1.14 bits per heavy atom. The fourth-order valence-electron chi connectivity index (χ4n) is 2.12. The number of aromatic nitrogens is 1. The molecular formula is C16H16F6N4OS. The molecule has 0 aliphatic heterocycles. The van der Waals surface area contributed by atoms with Crippen LogP contribution < -0.4 is 15.4 Å². The summed E-state index contributed by atoms with van der Waals surface area (Å²) >= 11 is 0.899. The van der Waals surface area contributed by atoms with Crippen LogP contribution in [0, 0.1) is 0 Å². The monoisotopic (exact) mass is 426 g/mol. The molecule has 0 saturated carbocycles. The lowest BCUT2D eigenvalue weighted by Crippen LogP contribution is -2.38. The van der Waals surface area contributed by atoms with Crippen LogP contribution in [0.2, 0.25) is 0 Å². The van der Waals surface area contributed by atoms with E-state index < -0.39 is 18.2 Å². The van der Waals surface area contributed by atoms with E-state index in [9.17, 15) is 26.3 Å². The molecule has 1 aromatic heterocycles. The van der Waals surface area contributed by atoms with E-state index in [4.69, 9.17) is 0 Å². The summed E-state index contributed by atoms with van der Waals surface area (Å²) in [5.41, 5.74) is -0.672. The third kappa shape index (κ3) is 6.91. The number of hydrogen-bond acceptors (Lipinski definition) is 4. The van der Waals surface area contributed by atoms with Crippen molar-refractivity contribution in [3.05, 3.63) is 45.9 Å². The number of benzene rings is 1. The molecule has 0 radical (unpaired) electrons. The van der Waals surface area contributed by atoms with Crippen molar-refractivity contribution < 1.29 is 31.1 Å². The molecule has 154 valence electrons. The first-order valence-corrected chi connectivity index (χ1v) is 8.76. The van der Waals surface area contributed by atoms with Crippen molar-refractivity contribution in [1.82, 2.24) is 15.6 Å². The molecule has 0 aliphatic carbocycles. The molecule has 1 heterocycles. The molecular weight excluding hydrogens is 410 g/mol. The van der Waals surface area contributed by atoms with E-state index in [0.29, 0.717) is 5.01 Å². The fraction of sp³-hybridized carbons (Fsp3) is 0.375. The van der Waals surface area contributed by atoms with Crippen LogP contribution in [0.25, 0.3) is 0 Å². The van der Waals surface area contributed by atoms with Crippen LogP contribution in [0.1, 0.15) is 16.3 Å². The van der Waals surface area contributed by atoms with Crippen LogP contribution >= 0.6 is 11.3 Å². The number of alkyl halides is 6. The van der Waals surface area contributed by atoms with E-state index in [2.05, 4.69) is 25.3 Å². The van der Waals surface area contributed by atoms with Gasteiger partial charge in [-0.2, -0.15) is 13.2 Å². The standard InChI is InChI=1S/C16H16F6N4OS/c1-23-14(24-7-6-13-26-12(9-28-13)15(17,18)19)25-8-10-4-2-3-5-11(10)27-16(20,21)22/h2-5,9H,6-8H2,1H3,(H2,23,24,25). The van der Waals surface area contributed by atoms with Crippen molar-refractivity contribution >= 4 is 17.3 Å². The molecule has 2 rings (SSSR count). The summed E-state index contributed by atoms with van der Waals surface area (Å²) in [6.45, 7) is 0.243. The second kappa shape index (κ2) is 9.13. The zero-order chi connectivity index (χ0) is 20.8. The van der Waals surface area contributed by atoms with Crippen LogP contribution in [0.4, 0.5) is 26.3 Å². The molecule has 0 spiro atoms. The smallest absolute Gasteiger partial charge is 0.405 e. The van der Waals surface area contributed by atoms with Gasteiger partial charge in [0.2, 0.25) is 0 Å². The van der Waals surface area contributed by atoms with E-state index >= 15 is 0 Å². The summed E-state index contributed by atoms with van der Waals surface area (Å²) in [7, 11) is 1.46. The molecule has 1 aromatic carbocycles. The summed E-state index contributed by atoms with van der Waals surface area (Å²) in [4.78, 5) is 7.43. The Morgan fingerprint density at radius 3 is 2.46 bits per heavy atom. The molecule has 0 unspecified atom stereocenters. The lowest BCUT2D eigenvalue weighted by atomic mass is 10.2. The van der Waals surface area contributed by atoms with Gasteiger partial charge in [0.05, 0.1) is 5.01 Å². The topological polar surface area (TPSA) is 58.5 Å². The van der Waals surface area contributed by atoms with Crippen molar-refractivity contribution in [3.63, 3.8) is 0 Å². The Labute approximate surface area is 160 Å². The maximum atomic E-state index is 12.5. The van der Waals surface area contributed by atoms with E-state index in [1.807, 2.05) is 0 Å². The number of halogens is 6. The molecule has 2 aromatic rings. The van der Waals surface area contributed by atoms with Gasteiger partial charge in [-0.25, -0.2) is 4.98 Å². The van der Waals surface area contributed by atoms with Crippen LogP contribution in [0.3, 0.4) is 0 Å². The minimum absolute atomic E-state index is 0.00139. The lowest BCUT2D eigenvalue weighted by Gasteiger charge is -2.15. The van der Waals surface area contributed by atoms with Crippen molar-refractivity contribution in [2.24, 2.45) is 4.99 Å². The van der Waals surface area contributed by atoms with Gasteiger partial charge in [-0.15, -0.1) is 24.5 Å². The Bertz CT molecular complexity index is 803. The Balaban J connectivity index is 1.86. The number of nitrogens with one attached hydrogen (secondary N) is 2. The zero-order valence-corrected chi connectivity index (χ0v) is 15.3. The van der Waals surface area contributed by atoms with E-state index in [0.717, 1.165) is 16.7 Å². The number of nitrogens with zero attached hydrogens (tertiary/aromatic N) is 2. The van der Waals surface area contributed by atoms with Crippen molar-refractivity contribution in [2.45, 2.75) is 25.5 Å². The predicted molar refractivity (Wildman–Crippen MR) is 92.1 cm³/mol. The van der Waals surface area contributed by atoms with E-state index in [1.165, 1.54) is 25.2 Å². The molecule has 0 fully saturated rings. The van der Waals surface area contributed by atoms with Gasteiger partial charge in [-0.3, -0.25) is 4.99 Å². The lowest BCUT2D eigenvalue weighted by molar-refractivity contribution is -0.274. The third-order valence-electron chi connectivity index (χ3n) is 3.34. The molecule has 0 saturated heterocycles. The molecule has 0 aliphatic rings.